The van der Waals surface area contributed by atoms with Crippen LogP contribution in [0.2, 0.25) is 0 Å². The minimum absolute atomic E-state index is 0.0246. The molecule has 4 rings (SSSR count). The average Bonchev–Trinajstić information content (AvgIpc) is 2.63. The van der Waals surface area contributed by atoms with E-state index in [0.717, 1.165) is 34.1 Å². The first kappa shape index (κ1) is 16.2. The van der Waals surface area contributed by atoms with Gasteiger partial charge in [0.25, 0.3) is 0 Å². The molecule has 1 atom stereocenters. The van der Waals surface area contributed by atoms with Gasteiger partial charge in [-0.15, -0.1) is 11.8 Å². The van der Waals surface area contributed by atoms with E-state index in [1.165, 1.54) is 17.8 Å². The Bertz CT molecular complexity index is 935. The van der Waals surface area contributed by atoms with Crippen molar-refractivity contribution in [1.29, 1.82) is 0 Å². The Kier molecular flexibility index (Phi) is 4.45. The van der Waals surface area contributed by atoms with E-state index in [9.17, 15) is 9.18 Å². The van der Waals surface area contributed by atoms with Crippen molar-refractivity contribution < 1.29 is 9.18 Å². The molecule has 0 radical (unpaired) electrons. The quantitative estimate of drug-likeness (QED) is 0.729. The standard InChI is InChI=1S/C21H18FNOS/c22-18-10-4-9-17-19(11-12-25-21(17)18)23-20(24)13-15-7-3-6-14-5-1-2-8-16(14)15/h1-10,19H,11-13H2,(H,23,24)/t19-/m1/s1. The molecule has 3 aromatic carbocycles. The van der Waals surface area contributed by atoms with Crippen LogP contribution in [0.3, 0.4) is 0 Å². The number of hydrogen-bond acceptors (Lipinski definition) is 2. The van der Waals surface area contributed by atoms with E-state index in [0.29, 0.717) is 11.3 Å². The molecule has 1 aliphatic heterocycles. The lowest BCUT2D eigenvalue weighted by Crippen LogP contribution is -2.32. The summed E-state index contributed by atoms with van der Waals surface area (Å²) in [6.07, 6.45) is 1.15. The van der Waals surface area contributed by atoms with Crippen LogP contribution in [-0.4, -0.2) is 11.7 Å². The van der Waals surface area contributed by atoms with Crippen molar-refractivity contribution in [3.05, 3.63) is 77.6 Å². The van der Waals surface area contributed by atoms with Gasteiger partial charge >= 0.3 is 0 Å². The number of hydrogen-bond donors (Lipinski definition) is 1. The SMILES string of the molecule is O=C(Cc1cccc2ccccc12)N[C@@H]1CCSc2c(F)cccc21. The molecule has 3 aromatic rings. The predicted molar refractivity (Wildman–Crippen MR) is 100 cm³/mol. The Labute approximate surface area is 150 Å². The van der Waals surface area contributed by atoms with E-state index in [4.69, 9.17) is 0 Å². The summed E-state index contributed by atoms with van der Waals surface area (Å²) in [6.45, 7) is 0. The molecule has 1 amide bonds. The molecule has 0 unspecified atom stereocenters. The van der Waals surface area contributed by atoms with Crippen LogP contribution in [0.25, 0.3) is 10.8 Å². The van der Waals surface area contributed by atoms with Gasteiger partial charge in [0.15, 0.2) is 0 Å². The van der Waals surface area contributed by atoms with Crippen molar-refractivity contribution in [1.82, 2.24) is 5.32 Å². The molecule has 4 heteroatoms. The summed E-state index contributed by atoms with van der Waals surface area (Å²) in [5, 5.41) is 5.33. The van der Waals surface area contributed by atoms with E-state index in [-0.39, 0.29) is 17.8 Å². The number of carbonyl (C=O) groups excluding carboxylic acids is 1. The smallest absolute Gasteiger partial charge is 0.224 e. The van der Waals surface area contributed by atoms with Crippen LogP contribution < -0.4 is 5.32 Å². The van der Waals surface area contributed by atoms with Gasteiger partial charge in [-0.25, -0.2) is 4.39 Å². The maximum atomic E-state index is 14.0. The summed E-state index contributed by atoms with van der Waals surface area (Å²) in [5.41, 5.74) is 1.91. The van der Waals surface area contributed by atoms with Gasteiger partial charge in [0.1, 0.15) is 5.82 Å². The van der Waals surface area contributed by atoms with E-state index in [1.807, 2.05) is 48.5 Å². The van der Waals surface area contributed by atoms with Crippen molar-refractivity contribution in [3.63, 3.8) is 0 Å². The normalized spacial score (nSPS) is 16.4. The Morgan fingerprint density at radius 2 is 1.88 bits per heavy atom. The average molecular weight is 351 g/mol. The zero-order valence-corrected chi connectivity index (χ0v) is 14.5. The zero-order chi connectivity index (χ0) is 17.2. The molecule has 1 heterocycles. The molecule has 126 valence electrons. The highest BCUT2D eigenvalue weighted by Crippen LogP contribution is 2.37. The lowest BCUT2D eigenvalue weighted by atomic mass is 10.0. The number of halogens is 1. The molecule has 0 bridgehead atoms. The number of carbonyl (C=O) groups is 1. The van der Waals surface area contributed by atoms with E-state index >= 15 is 0 Å². The maximum Gasteiger partial charge on any atom is 0.224 e. The highest BCUT2D eigenvalue weighted by molar-refractivity contribution is 7.99. The summed E-state index contributed by atoms with van der Waals surface area (Å²) in [6, 6.07) is 19.1. The van der Waals surface area contributed by atoms with Gasteiger partial charge in [-0.05, 0) is 34.4 Å². The monoisotopic (exact) mass is 351 g/mol. The van der Waals surface area contributed by atoms with Crippen LogP contribution in [-0.2, 0) is 11.2 Å². The van der Waals surface area contributed by atoms with Crippen molar-refractivity contribution in [2.24, 2.45) is 0 Å². The van der Waals surface area contributed by atoms with Crippen LogP contribution in [0.1, 0.15) is 23.6 Å². The predicted octanol–water partition coefficient (Wildman–Crippen LogP) is 4.87. The van der Waals surface area contributed by atoms with Crippen LogP contribution in [0, 0.1) is 5.82 Å². The fourth-order valence-electron chi connectivity index (χ4n) is 3.40. The summed E-state index contributed by atoms with van der Waals surface area (Å²) < 4.78 is 14.0. The number of fused-ring (bicyclic) bond motifs is 2. The number of amides is 1. The summed E-state index contributed by atoms with van der Waals surface area (Å²) in [7, 11) is 0. The summed E-state index contributed by atoms with van der Waals surface area (Å²) in [4.78, 5) is 13.3. The van der Waals surface area contributed by atoms with E-state index in [2.05, 4.69) is 5.32 Å². The molecule has 0 aromatic heterocycles. The van der Waals surface area contributed by atoms with Crippen molar-refractivity contribution >= 4 is 28.4 Å². The molecule has 25 heavy (non-hydrogen) atoms. The summed E-state index contributed by atoms with van der Waals surface area (Å²) in [5.74, 6) is 0.589. The first-order valence-corrected chi connectivity index (χ1v) is 9.38. The molecule has 1 N–H and O–H groups in total. The van der Waals surface area contributed by atoms with Gasteiger partial charge in [-0.2, -0.15) is 0 Å². The molecule has 0 spiro atoms. The molecule has 0 aliphatic carbocycles. The number of rotatable bonds is 3. The highest BCUT2D eigenvalue weighted by Gasteiger charge is 2.24. The van der Waals surface area contributed by atoms with Crippen LogP contribution in [0.4, 0.5) is 4.39 Å². The zero-order valence-electron chi connectivity index (χ0n) is 13.7. The van der Waals surface area contributed by atoms with Crippen LogP contribution >= 0.6 is 11.8 Å². The Morgan fingerprint density at radius 3 is 2.80 bits per heavy atom. The largest absolute Gasteiger partial charge is 0.349 e. The summed E-state index contributed by atoms with van der Waals surface area (Å²) >= 11 is 1.53. The first-order chi connectivity index (χ1) is 12.2. The van der Waals surface area contributed by atoms with Gasteiger partial charge in [-0.3, -0.25) is 4.79 Å². The number of benzene rings is 3. The maximum absolute atomic E-state index is 14.0. The third-order valence-corrected chi connectivity index (χ3v) is 5.75. The Hall–Kier alpha value is -2.33. The minimum Gasteiger partial charge on any atom is -0.349 e. The van der Waals surface area contributed by atoms with Crippen LogP contribution in [0.5, 0.6) is 0 Å². The fraction of sp³-hybridized carbons (Fsp3) is 0.190. The van der Waals surface area contributed by atoms with Crippen molar-refractivity contribution in [2.75, 3.05) is 5.75 Å². The second-order valence-corrected chi connectivity index (χ2v) is 7.34. The number of nitrogens with one attached hydrogen (secondary N) is 1. The van der Waals surface area contributed by atoms with E-state index < -0.39 is 0 Å². The van der Waals surface area contributed by atoms with Crippen LogP contribution in [0.15, 0.2) is 65.6 Å². The second kappa shape index (κ2) is 6.89. The molecule has 0 saturated carbocycles. The lowest BCUT2D eigenvalue weighted by Gasteiger charge is -2.26. The van der Waals surface area contributed by atoms with Gasteiger partial charge in [0.05, 0.1) is 12.5 Å². The second-order valence-electron chi connectivity index (χ2n) is 6.23. The molecule has 1 aliphatic rings. The third kappa shape index (κ3) is 3.27. The molecular weight excluding hydrogens is 333 g/mol. The Balaban J connectivity index is 1.55. The lowest BCUT2D eigenvalue weighted by molar-refractivity contribution is -0.121. The van der Waals surface area contributed by atoms with Gasteiger partial charge < -0.3 is 5.32 Å². The van der Waals surface area contributed by atoms with Crippen molar-refractivity contribution in [3.8, 4) is 0 Å². The number of thioether (sulfide) groups is 1. The van der Waals surface area contributed by atoms with Gasteiger partial charge in [0.2, 0.25) is 5.91 Å². The Morgan fingerprint density at radius 1 is 1.08 bits per heavy atom. The highest BCUT2D eigenvalue weighted by atomic mass is 32.2. The fourth-order valence-corrected chi connectivity index (χ4v) is 4.54. The molecule has 2 nitrogen and oxygen atoms in total. The first-order valence-electron chi connectivity index (χ1n) is 8.39. The van der Waals surface area contributed by atoms with Gasteiger partial charge in [0, 0.05) is 10.6 Å². The van der Waals surface area contributed by atoms with E-state index in [1.54, 1.807) is 6.07 Å². The molecule has 0 fully saturated rings. The molecule has 0 saturated heterocycles. The topological polar surface area (TPSA) is 29.1 Å². The third-order valence-electron chi connectivity index (χ3n) is 4.59. The van der Waals surface area contributed by atoms with Crippen molar-refractivity contribution in [2.45, 2.75) is 23.8 Å². The van der Waals surface area contributed by atoms with Gasteiger partial charge in [-0.1, -0.05) is 54.6 Å². The minimum atomic E-state index is -0.199. The molecular formula is C21H18FNOS.